The number of nitrogens with zero attached hydrogens (tertiary/aromatic N) is 5. The molecule has 9 nitrogen and oxygen atoms in total. The maximum absolute atomic E-state index is 13.6. The number of hydrogen-bond acceptors (Lipinski definition) is 9. The number of aliphatic hydroxyl groups excluding tert-OH is 1. The molecule has 1 amide bonds. The Kier molecular flexibility index (Phi) is 5.50. The molecule has 2 atom stereocenters. The van der Waals surface area contributed by atoms with Crippen molar-refractivity contribution in [1.82, 2.24) is 30.2 Å². The van der Waals surface area contributed by atoms with E-state index in [4.69, 9.17) is 0 Å². The van der Waals surface area contributed by atoms with Crippen LogP contribution in [0.1, 0.15) is 55.2 Å². The highest BCUT2D eigenvalue weighted by atomic mass is 32.1. The van der Waals surface area contributed by atoms with Gasteiger partial charge in [-0.2, -0.15) is 4.98 Å². The smallest absolute Gasteiger partial charge is 0.226 e. The summed E-state index contributed by atoms with van der Waals surface area (Å²) in [5.41, 5.74) is 1.41. The van der Waals surface area contributed by atoms with Crippen LogP contribution in [0.5, 0.6) is 0 Å². The molecule has 0 bridgehead atoms. The number of aromatic nitrogens is 4. The van der Waals surface area contributed by atoms with Crippen molar-refractivity contribution in [3.05, 3.63) is 40.5 Å². The third-order valence-electron chi connectivity index (χ3n) is 6.34. The third-order valence-corrected chi connectivity index (χ3v) is 7.32. The van der Waals surface area contributed by atoms with Gasteiger partial charge in [-0.15, -0.1) is 11.3 Å². The van der Waals surface area contributed by atoms with Crippen LogP contribution < -0.4 is 10.6 Å². The number of pyridine rings is 1. The number of fused-ring (bicyclic) bond motifs is 1. The van der Waals surface area contributed by atoms with E-state index in [1.54, 1.807) is 6.20 Å². The molecule has 5 rings (SSSR count). The van der Waals surface area contributed by atoms with Crippen LogP contribution in [0.2, 0.25) is 0 Å². The van der Waals surface area contributed by atoms with Gasteiger partial charge in [-0.1, -0.05) is 6.92 Å². The lowest BCUT2D eigenvalue weighted by Gasteiger charge is -2.42. The highest BCUT2D eigenvalue weighted by molar-refractivity contribution is 7.18. The second kappa shape index (κ2) is 8.23. The number of hydrogen-bond donors (Lipinski definition) is 3. The zero-order chi connectivity index (χ0) is 23.3. The van der Waals surface area contributed by atoms with E-state index in [0.29, 0.717) is 35.9 Å². The van der Waals surface area contributed by atoms with E-state index in [1.807, 2.05) is 25.7 Å². The molecule has 33 heavy (non-hydrogen) atoms. The van der Waals surface area contributed by atoms with Gasteiger partial charge in [0.05, 0.1) is 28.0 Å². The Balaban J connectivity index is 1.33. The first kappa shape index (κ1) is 22.1. The Morgan fingerprint density at radius 3 is 2.76 bits per heavy atom. The van der Waals surface area contributed by atoms with Gasteiger partial charge in [0.2, 0.25) is 11.9 Å². The number of halogens is 1. The molecule has 1 saturated heterocycles. The molecule has 1 aliphatic heterocycles. The Labute approximate surface area is 194 Å². The molecule has 11 heteroatoms. The van der Waals surface area contributed by atoms with Gasteiger partial charge < -0.3 is 15.7 Å². The summed E-state index contributed by atoms with van der Waals surface area (Å²) >= 11 is 1.43. The van der Waals surface area contributed by atoms with Crippen molar-refractivity contribution in [3.8, 4) is 0 Å². The van der Waals surface area contributed by atoms with Crippen molar-refractivity contribution in [1.29, 1.82) is 0 Å². The van der Waals surface area contributed by atoms with Crippen LogP contribution in [0.25, 0.3) is 10.3 Å². The van der Waals surface area contributed by atoms with Crippen LogP contribution in [0.3, 0.4) is 0 Å². The molecule has 1 saturated carbocycles. The Morgan fingerprint density at radius 1 is 1.30 bits per heavy atom. The fourth-order valence-electron chi connectivity index (χ4n) is 3.88. The van der Waals surface area contributed by atoms with Gasteiger partial charge in [-0.3, -0.25) is 14.7 Å². The van der Waals surface area contributed by atoms with Crippen molar-refractivity contribution >= 4 is 33.5 Å². The van der Waals surface area contributed by atoms with Crippen molar-refractivity contribution in [2.45, 2.75) is 51.9 Å². The topological polar surface area (TPSA) is 116 Å². The lowest BCUT2D eigenvalue weighted by molar-refractivity contribution is -0.129. The fraction of sp³-hybridized carbons (Fsp3) is 0.500. The number of aliphatic hydroxyl groups is 1. The zero-order valence-corrected chi connectivity index (χ0v) is 19.5. The number of likely N-dealkylation sites (tertiary alicyclic amines) is 1. The van der Waals surface area contributed by atoms with Gasteiger partial charge in [-0.05, 0) is 38.3 Å². The van der Waals surface area contributed by atoms with E-state index in [-0.39, 0.29) is 23.4 Å². The molecule has 0 spiro atoms. The Hall–Kier alpha value is -2.76. The van der Waals surface area contributed by atoms with Crippen LogP contribution in [-0.2, 0) is 4.79 Å². The summed E-state index contributed by atoms with van der Waals surface area (Å²) in [7, 11) is 0. The molecule has 3 aromatic rings. The highest BCUT2D eigenvalue weighted by Crippen LogP contribution is 2.45. The van der Waals surface area contributed by atoms with Crippen LogP contribution >= 0.6 is 11.3 Å². The number of carbonyl (C=O) groups excluding carboxylic acids is 1. The molecule has 3 aromatic heterocycles. The van der Waals surface area contributed by atoms with E-state index in [2.05, 4.69) is 30.6 Å². The number of aryl methyl sites for hydroxylation is 1. The van der Waals surface area contributed by atoms with Crippen molar-refractivity contribution < 1.29 is 14.3 Å². The largest absolute Gasteiger partial charge is 0.372 e. The second-order valence-electron chi connectivity index (χ2n) is 9.18. The molecule has 0 aromatic carbocycles. The molecule has 0 radical (unpaired) electrons. The molecular formula is C22H26FN7O2S. The van der Waals surface area contributed by atoms with E-state index < -0.39 is 12.0 Å². The number of carbonyl (C=O) groups is 1. The standard InChI is InChI=1S/C22H26FN7O2S/c1-11(13-6-14(23)8-24-7-13)25-21-28-16(17-18(29-21)26-12(2)33-17)19(31)30-9-15(10-30)27-20(32)22(3)4-5-22/h6-8,11,15,19,31H,4-5,9-10H2,1-3H3,(H,27,32)(H,25,28,29). The Bertz CT molecular complexity index is 1210. The van der Waals surface area contributed by atoms with E-state index in [9.17, 15) is 14.3 Å². The molecule has 1 aliphatic carbocycles. The minimum atomic E-state index is -0.952. The molecule has 2 unspecified atom stereocenters. The fourth-order valence-corrected chi connectivity index (χ4v) is 4.75. The normalized spacial score (nSPS) is 19.7. The van der Waals surface area contributed by atoms with Crippen molar-refractivity contribution in [3.63, 3.8) is 0 Å². The van der Waals surface area contributed by atoms with Crippen LogP contribution in [-0.4, -0.2) is 55.0 Å². The maximum Gasteiger partial charge on any atom is 0.226 e. The van der Waals surface area contributed by atoms with E-state index in [0.717, 1.165) is 28.7 Å². The minimum absolute atomic E-state index is 0.0168. The lowest BCUT2D eigenvalue weighted by atomic mass is 10.0. The first-order valence-corrected chi connectivity index (χ1v) is 11.8. The summed E-state index contributed by atoms with van der Waals surface area (Å²) in [6.45, 7) is 6.80. The summed E-state index contributed by atoms with van der Waals surface area (Å²) < 4.78 is 14.3. The molecule has 2 aliphatic rings. The quantitative estimate of drug-likeness (QED) is 0.482. The lowest BCUT2D eigenvalue weighted by Crippen LogP contribution is -2.60. The number of rotatable bonds is 7. The number of anilines is 1. The molecule has 3 N–H and O–H groups in total. The zero-order valence-electron chi connectivity index (χ0n) is 18.7. The first-order valence-electron chi connectivity index (χ1n) is 11.0. The van der Waals surface area contributed by atoms with Crippen LogP contribution in [0.15, 0.2) is 18.5 Å². The predicted molar refractivity (Wildman–Crippen MR) is 122 cm³/mol. The SMILES string of the molecule is Cc1nc2nc(NC(C)c3cncc(F)c3)nc(C(O)N3CC(NC(=O)C4(C)CC4)C3)c2s1. The van der Waals surface area contributed by atoms with Gasteiger partial charge in [0, 0.05) is 24.7 Å². The third kappa shape index (κ3) is 4.40. The Morgan fingerprint density at radius 2 is 2.06 bits per heavy atom. The summed E-state index contributed by atoms with van der Waals surface area (Å²) in [5, 5.41) is 18.2. The van der Waals surface area contributed by atoms with Crippen molar-refractivity contribution in [2.75, 3.05) is 18.4 Å². The van der Waals surface area contributed by atoms with Gasteiger partial charge in [-0.25, -0.2) is 14.4 Å². The highest BCUT2D eigenvalue weighted by Gasteiger charge is 2.46. The number of nitrogens with one attached hydrogen (secondary N) is 2. The van der Waals surface area contributed by atoms with Gasteiger partial charge in [0.25, 0.3) is 0 Å². The maximum atomic E-state index is 13.6. The molecule has 4 heterocycles. The van der Waals surface area contributed by atoms with E-state index in [1.165, 1.54) is 17.4 Å². The van der Waals surface area contributed by atoms with Crippen LogP contribution in [0.4, 0.5) is 10.3 Å². The van der Waals surface area contributed by atoms with Crippen molar-refractivity contribution in [2.24, 2.45) is 5.41 Å². The van der Waals surface area contributed by atoms with E-state index >= 15 is 0 Å². The van der Waals surface area contributed by atoms with Gasteiger partial charge in [0.1, 0.15) is 11.5 Å². The molecular weight excluding hydrogens is 445 g/mol. The van der Waals surface area contributed by atoms with Crippen LogP contribution in [0, 0.1) is 18.2 Å². The predicted octanol–water partition coefficient (Wildman–Crippen LogP) is 2.69. The summed E-state index contributed by atoms with van der Waals surface area (Å²) in [6.07, 6.45) is 3.65. The van der Waals surface area contributed by atoms with Gasteiger partial charge in [0.15, 0.2) is 11.9 Å². The number of amides is 1. The summed E-state index contributed by atoms with van der Waals surface area (Å²) in [5.74, 6) is -0.0269. The average molecular weight is 472 g/mol. The second-order valence-corrected chi connectivity index (χ2v) is 10.4. The summed E-state index contributed by atoms with van der Waals surface area (Å²) in [6, 6.07) is 1.12. The minimum Gasteiger partial charge on any atom is -0.372 e. The summed E-state index contributed by atoms with van der Waals surface area (Å²) in [4.78, 5) is 31.6. The molecule has 174 valence electrons. The average Bonchev–Trinajstić information content (AvgIpc) is 3.38. The first-order chi connectivity index (χ1) is 15.7. The molecule has 2 fully saturated rings. The number of thiazole rings is 1. The monoisotopic (exact) mass is 471 g/mol. The van der Waals surface area contributed by atoms with Gasteiger partial charge >= 0.3 is 0 Å².